The van der Waals surface area contributed by atoms with Crippen molar-refractivity contribution in [3.8, 4) is 0 Å². The molecular weight excluding hydrogens is 444 g/mol. The Morgan fingerprint density at radius 3 is 1.26 bits per heavy atom. The molecule has 0 unspecified atom stereocenters. The molecule has 0 fully saturated rings. The second kappa shape index (κ2) is 22.2. The zero-order valence-corrected chi connectivity index (χ0v) is 20.4. The second-order valence-corrected chi connectivity index (χ2v) is 9.91. The molecule has 0 aliphatic rings. The molecule has 1 aromatic rings. The van der Waals surface area contributed by atoms with Crippen LogP contribution >= 0.6 is 0 Å². The minimum absolute atomic E-state index is 0.0781. The molecule has 0 saturated heterocycles. The molecule has 0 saturated carbocycles. The summed E-state index contributed by atoms with van der Waals surface area (Å²) in [5.41, 5.74) is 0. The van der Waals surface area contributed by atoms with Crippen LogP contribution in [0.3, 0.4) is 0 Å². The van der Waals surface area contributed by atoms with E-state index in [4.69, 9.17) is 22.1 Å². The maximum absolute atomic E-state index is 10.5. The number of aromatic nitrogens is 2. The summed E-state index contributed by atoms with van der Waals surface area (Å²) in [4.78, 5) is 6.42. The van der Waals surface area contributed by atoms with Gasteiger partial charge in [-0.05, 0) is 6.42 Å². The molecule has 1 aromatic heterocycles. The zero-order valence-electron chi connectivity index (χ0n) is 18.8. The van der Waals surface area contributed by atoms with Crippen molar-refractivity contribution in [2.45, 2.75) is 103 Å². The molecule has 4 N–H and O–H groups in total. The van der Waals surface area contributed by atoms with E-state index in [1.54, 1.807) is 18.7 Å². The molecule has 186 valence electrons. The Bertz CT molecular complexity index is 638. The average molecular weight is 487 g/mol. The van der Waals surface area contributed by atoms with E-state index in [1.807, 2.05) is 0 Å². The Balaban J connectivity index is 0. The van der Waals surface area contributed by atoms with Crippen molar-refractivity contribution in [2.75, 3.05) is 5.75 Å². The topological polar surface area (TPSA) is 158 Å². The quantitative estimate of drug-likeness (QED) is 0.176. The fourth-order valence-corrected chi connectivity index (χ4v) is 3.44. The van der Waals surface area contributed by atoms with Gasteiger partial charge >= 0.3 is 10.4 Å². The molecule has 0 amide bonds. The lowest BCUT2D eigenvalue weighted by atomic mass is 10.0. The first-order valence-electron chi connectivity index (χ1n) is 11.1. The SMILES string of the molecule is CCCCCCCCCCCCCCCCCS(=O)(=O)O.O=S(=O)(O)O.c1c[nH]cn1. The molecule has 9 nitrogen and oxygen atoms in total. The fraction of sp³-hybridized carbons (Fsp3) is 0.850. The van der Waals surface area contributed by atoms with Crippen molar-refractivity contribution in [1.82, 2.24) is 9.97 Å². The van der Waals surface area contributed by atoms with Crippen molar-refractivity contribution < 1.29 is 30.5 Å². The van der Waals surface area contributed by atoms with Crippen LogP contribution in [-0.2, 0) is 20.5 Å². The first-order valence-corrected chi connectivity index (χ1v) is 14.1. The summed E-state index contributed by atoms with van der Waals surface area (Å²) in [5, 5.41) is 0. The normalized spacial score (nSPS) is 11.2. The lowest BCUT2D eigenvalue weighted by Gasteiger charge is -2.03. The minimum atomic E-state index is -4.67. The molecule has 0 radical (unpaired) electrons. The molecule has 0 aromatic carbocycles. The first-order chi connectivity index (χ1) is 14.6. The lowest BCUT2D eigenvalue weighted by Crippen LogP contribution is -2.03. The predicted octanol–water partition coefficient (Wildman–Crippen LogP) is 5.50. The molecule has 31 heavy (non-hydrogen) atoms. The lowest BCUT2D eigenvalue weighted by molar-refractivity contribution is 0.381. The summed E-state index contributed by atoms with van der Waals surface area (Å²) in [6.45, 7) is 2.26. The van der Waals surface area contributed by atoms with E-state index in [0.717, 1.165) is 12.8 Å². The van der Waals surface area contributed by atoms with Crippen LogP contribution in [0.25, 0.3) is 0 Å². The summed E-state index contributed by atoms with van der Waals surface area (Å²) in [6, 6.07) is 0. The van der Waals surface area contributed by atoms with Gasteiger partial charge in [-0.1, -0.05) is 96.8 Å². The average Bonchev–Trinajstić information content (AvgIpc) is 3.23. The summed E-state index contributed by atoms with van der Waals surface area (Å²) >= 11 is 0. The van der Waals surface area contributed by atoms with Crippen LogP contribution in [-0.4, -0.2) is 46.2 Å². The summed E-state index contributed by atoms with van der Waals surface area (Å²) < 4.78 is 61.2. The number of unbranched alkanes of at least 4 members (excludes halogenated alkanes) is 14. The van der Waals surface area contributed by atoms with Crippen LogP contribution in [0.2, 0.25) is 0 Å². The van der Waals surface area contributed by atoms with Crippen molar-refractivity contribution in [3.05, 3.63) is 18.7 Å². The van der Waals surface area contributed by atoms with Crippen LogP contribution in [0.1, 0.15) is 103 Å². The van der Waals surface area contributed by atoms with Crippen molar-refractivity contribution in [3.63, 3.8) is 0 Å². The van der Waals surface area contributed by atoms with Crippen molar-refractivity contribution >= 4 is 20.5 Å². The van der Waals surface area contributed by atoms with E-state index >= 15 is 0 Å². The summed E-state index contributed by atoms with van der Waals surface area (Å²) in [5.74, 6) is -0.0781. The van der Waals surface area contributed by atoms with Gasteiger partial charge in [-0.25, -0.2) is 4.98 Å². The van der Waals surface area contributed by atoms with Gasteiger partial charge in [0.05, 0.1) is 12.1 Å². The van der Waals surface area contributed by atoms with Crippen LogP contribution < -0.4 is 0 Å². The molecule has 11 heteroatoms. The van der Waals surface area contributed by atoms with Gasteiger partial charge < -0.3 is 4.98 Å². The van der Waals surface area contributed by atoms with E-state index in [9.17, 15) is 8.42 Å². The molecule has 0 aliphatic carbocycles. The maximum Gasteiger partial charge on any atom is 0.394 e. The molecule has 0 atom stereocenters. The third-order valence-corrected chi connectivity index (χ3v) is 5.22. The van der Waals surface area contributed by atoms with Crippen LogP contribution in [0.4, 0.5) is 0 Å². The highest BCUT2D eigenvalue weighted by Crippen LogP contribution is 2.13. The second-order valence-electron chi connectivity index (χ2n) is 7.44. The first kappa shape index (κ1) is 32.2. The van der Waals surface area contributed by atoms with Gasteiger partial charge in [0.25, 0.3) is 10.1 Å². The Morgan fingerprint density at radius 1 is 0.677 bits per heavy atom. The standard InChI is InChI=1S/C17H36O3S.C3H4N2.H2O4S/c1-2-3-4-5-6-7-8-9-10-11-12-13-14-15-16-17-21(18,19)20;1-2-5-3-4-1;1-5(2,3)4/h2-17H2,1H3,(H,18,19,20);1-3H,(H,4,5);(H2,1,2,3,4). The van der Waals surface area contributed by atoms with Crippen LogP contribution in [0.5, 0.6) is 0 Å². The molecule has 1 rings (SSSR count). The smallest absolute Gasteiger partial charge is 0.351 e. The minimum Gasteiger partial charge on any atom is -0.351 e. The van der Waals surface area contributed by atoms with E-state index < -0.39 is 20.5 Å². The fourth-order valence-electron chi connectivity index (χ4n) is 2.87. The molecular formula is C20H42N2O7S2. The van der Waals surface area contributed by atoms with Gasteiger partial charge in [-0.3, -0.25) is 13.7 Å². The van der Waals surface area contributed by atoms with E-state index in [2.05, 4.69) is 16.9 Å². The number of imidazole rings is 1. The Kier molecular flexibility index (Phi) is 23.0. The number of aromatic amines is 1. The number of hydrogen-bond donors (Lipinski definition) is 4. The number of nitrogens with zero attached hydrogens (tertiary/aromatic N) is 1. The van der Waals surface area contributed by atoms with E-state index in [1.165, 1.54) is 77.0 Å². The van der Waals surface area contributed by atoms with Crippen LogP contribution in [0, 0.1) is 0 Å². The molecule has 1 heterocycles. The Hall–Kier alpha value is -1.01. The van der Waals surface area contributed by atoms with Gasteiger partial charge in [0.2, 0.25) is 0 Å². The number of H-pyrrole nitrogens is 1. The monoisotopic (exact) mass is 486 g/mol. The number of rotatable bonds is 16. The number of nitrogens with one attached hydrogen (secondary N) is 1. The van der Waals surface area contributed by atoms with Gasteiger partial charge in [0.15, 0.2) is 0 Å². The molecule has 0 spiro atoms. The highest BCUT2D eigenvalue weighted by atomic mass is 32.3. The van der Waals surface area contributed by atoms with Crippen molar-refractivity contribution in [2.24, 2.45) is 0 Å². The highest BCUT2D eigenvalue weighted by Gasteiger charge is 2.02. The molecule has 0 bridgehead atoms. The highest BCUT2D eigenvalue weighted by molar-refractivity contribution is 7.85. The summed E-state index contributed by atoms with van der Waals surface area (Å²) in [6.07, 6.45) is 23.9. The van der Waals surface area contributed by atoms with Gasteiger partial charge in [-0.15, -0.1) is 0 Å². The third kappa shape index (κ3) is 43.7. The van der Waals surface area contributed by atoms with Gasteiger partial charge in [-0.2, -0.15) is 16.8 Å². The Labute approximate surface area is 188 Å². The van der Waals surface area contributed by atoms with Gasteiger partial charge in [0.1, 0.15) is 0 Å². The third-order valence-electron chi connectivity index (χ3n) is 4.41. The van der Waals surface area contributed by atoms with Gasteiger partial charge in [0, 0.05) is 12.4 Å². The zero-order chi connectivity index (χ0) is 23.8. The van der Waals surface area contributed by atoms with Crippen molar-refractivity contribution in [1.29, 1.82) is 0 Å². The summed E-state index contributed by atoms with van der Waals surface area (Å²) in [7, 11) is -8.41. The number of hydrogen-bond acceptors (Lipinski definition) is 5. The molecule has 0 aliphatic heterocycles. The predicted molar refractivity (Wildman–Crippen MR) is 124 cm³/mol. The van der Waals surface area contributed by atoms with E-state index in [0.29, 0.717) is 6.42 Å². The Morgan fingerprint density at radius 2 is 1.03 bits per heavy atom. The maximum atomic E-state index is 10.5. The van der Waals surface area contributed by atoms with E-state index in [-0.39, 0.29) is 5.75 Å². The largest absolute Gasteiger partial charge is 0.394 e. The van der Waals surface area contributed by atoms with Crippen LogP contribution in [0.15, 0.2) is 18.7 Å².